The highest BCUT2D eigenvalue weighted by Gasteiger charge is 2.27. The van der Waals surface area contributed by atoms with E-state index in [0.29, 0.717) is 6.42 Å². The minimum atomic E-state index is -0.251. The van der Waals surface area contributed by atoms with E-state index in [0.717, 1.165) is 42.3 Å². The van der Waals surface area contributed by atoms with Gasteiger partial charge in [0.2, 0.25) is 5.91 Å². The fourth-order valence-electron chi connectivity index (χ4n) is 3.13. The van der Waals surface area contributed by atoms with E-state index in [1.54, 1.807) is 12.1 Å². The highest BCUT2D eigenvalue weighted by Crippen LogP contribution is 2.29. The molecule has 1 amide bonds. The third-order valence-corrected chi connectivity index (χ3v) is 4.37. The fourth-order valence-corrected chi connectivity index (χ4v) is 3.13. The van der Waals surface area contributed by atoms with Gasteiger partial charge in [-0.2, -0.15) is 0 Å². The molecule has 0 aliphatic carbocycles. The van der Waals surface area contributed by atoms with Crippen molar-refractivity contribution in [2.45, 2.75) is 32.6 Å². The molecule has 5 heteroatoms. The number of aromatic nitrogens is 1. The first-order valence-electron chi connectivity index (χ1n) is 8.34. The van der Waals surface area contributed by atoms with Crippen molar-refractivity contribution < 1.29 is 9.18 Å². The molecule has 3 rings (SSSR count). The Morgan fingerprint density at radius 3 is 2.75 bits per heavy atom. The van der Waals surface area contributed by atoms with Crippen LogP contribution in [-0.2, 0) is 4.79 Å². The largest absolute Gasteiger partial charge is 0.355 e. The molecular weight excluding hydrogens is 305 g/mol. The van der Waals surface area contributed by atoms with Crippen molar-refractivity contribution in [2.75, 3.05) is 18.4 Å². The van der Waals surface area contributed by atoms with Crippen molar-refractivity contribution in [1.29, 1.82) is 0 Å². The molecule has 1 aromatic heterocycles. The second-order valence-electron chi connectivity index (χ2n) is 6.23. The van der Waals surface area contributed by atoms with E-state index in [4.69, 9.17) is 0 Å². The molecule has 126 valence electrons. The molecule has 0 spiro atoms. The van der Waals surface area contributed by atoms with E-state index < -0.39 is 0 Å². The van der Waals surface area contributed by atoms with Crippen LogP contribution in [0.4, 0.5) is 15.8 Å². The number of carbonyl (C=O) groups is 1. The lowest BCUT2D eigenvalue weighted by Crippen LogP contribution is -2.27. The van der Waals surface area contributed by atoms with Crippen LogP contribution in [0.2, 0.25) is 0 Å². The number of hydrogen-bond acceptors (Lipinski definition) is 3. The fraction of sp³-hybridized carbons (Fsp3) is 0.368. The van der Waals surface area contributed by atoms with Gasteiger partial charge < -0.3 is 10.2 Å². The molecule has 0 radical (unpaired) electrons. The summed E-state index contributed by atoms with van der Waals surface area (Å²) in [5.74, 6) is 0.225. The zero-order chi connectivity index (χ0) is 17.1. The monoisotopic (exact) mass is 327 g/mol. The number of amides is 1. The standard InChI is InChI=1S/C19H22FN3O/c1-3-19(24)23-9-8-14(12-23)18-11-17(10-13(2)21-18)22-16-6-4-15(20)5-7-16/h4-7,10-11,14H,3,8-9,12H2,1-2H3,(H,21,22). The maximum atomic E-state index is 13.0. The number of halogens is 1. The summed E-state index contributed by atoms with van der Waals surface area (Å²) in [4.78, 5) is 18.4. The zero-order valence-corrected chi connectivity index (χ0v) is 14.1. The van der Waals surface area contributed by atoms with E-state index in [2.05, 4.69) is 10.3 Å². The average Bonchev–Trinajstić information content (AvgIpc) is 3.06. The Hall–Kier alpha value is -2.43. The van der Waals surface area contributed by atoms with Crippen molar-refractivity contribution in [1.82, 2.24) is 9.88 Å². The number of aryl methyl sites for hydroxylation is 1. The van der Waals surface area contributed by atoms with Crippen LogP contribution in [-0.4, -0.2) is 28.9 Å². The Morgan fingerprint density at radius 2 is 2.04 bits per heavy atom. The summed E-state index contributed by atoms with van der Waals surface area (Å²) in [5.41, 5.74) is 3.70. The van der Waals surface area contributed by atoms with Crippen molar-refractivity contribution >= 4 is 17.3 Å². The summed E-state index contributed by atoms with van der Waals surface area (Å²) in [6.07, 6.45) is 1.49. The van der Waals surface area contributed by atoms with Crippen LogP contribution in [0.5, 0.6) is 0 Å². The van der Waals surface area contributed by atoms with E-state index in [9.17, 15) is 9.18 Å². The van der Waals surface area contributed by atoms with Gasteiger partial charge in [0, 0.05) is 48.2 Å². The first-order valence-corrected chi connectivity index (χ1v) is 8.34. The molecule has 4 nitrogen and oxygen atoms in total. The van der Waals surface area contributed by atoms with Crippen molar-refractivity contribution in [3.8, 4) is 0 Å². The molecule has 24 heavy (non-hydrogen) atoms. The molecule has 1 aliphatic rings. The van der Waals surface area contributed by atoms with Gasteiger partial charge >= 0.3 is 0 Å². The smallest absolute Gasteiger partial charge is 0.222 e. The van der Waals surface area contributed by atoms with Gasteiger partial charge in [0.05, 0.1) is 0 Å². The van der Waals surface area contributed by atoms with E-state index >= 15 is 0 Å². The summed E-state index contributed by atoms with van der Waals surface area (Å²) >= 11 is 0. The second-order valence-corrected chi connectivity index (χ2v) is 6.23. The maximum absolute atomic E-state index is 13.0. The van der Waals surface area contributed by atoms with Gasteiger partial charge in [-0.15, -0.1) is 0 Å². The average molecular weight is 327 g/mol. The topological polar surface area (TPSA) is 45.2 Å². The van der Waals surface area contributed by atoms with E-state index in [-0.39, 0.29) is 17.6 Å². The summed E-state index contributed by atoms with van der Waals surface area (Å²) in [5, 5.41) is 3.29. The van der Waals surface area contributed by atoms with Crippen molar-refractivity contribution in [2.24, 2.45) is 0 Å². The van der Waals surface area contributed by atoms with Crippen LogP contribution in [0.3, 0.4) is 0 Å². The predicted molar refractivity (Wildman–Crippen MR) is 92.9 cm³/mol. The molecule has 1 N–H and O–H groups in total. The van der Waals surface area contributed by atoms with Crippen LogP contribution in [0, 0.1) is 12.7 Å². The number of anilines is 2. The molecule has 2 aromatic rings. The normalized spacial score (nSPS) is 17.1. The molecule has 1 saturated heterocycles. The highest BCUT2D eigenvalue weighted by atomic mass is 19.1. The molecular formula is C19H22FN3O. The van der Waals surface area contributed by atoms with Gasteiger partial charge in [-0.05, 0) is 49.7 Å². The third kappa shape index (κ3) is 3.72. The number of pyridine rings is 1. The van der Waals surface area contributed by atoms with Crippen LogP contribution in [0.1, 0.15) is 37.1 Å². The Labute approximate surface area is 141 Å². The first kappa shape index (κ1) is 16.4. The van der Waals surface area contributed by atoms with Gasteiger partial charge in [0.1, 0.15) is 5.82 Å². The number of rotatable bonds is 4. The zero-order valence-electron chi connectivity index (χ0n) is 14.1. The van der Waals surface area contributed by atoms with Crippen LogP contribution in [0.15, 0.2) is 36.4 Å². The lowest BCUT2D eigenvalue weighted by Gasteiger charge is -2.16. The first-order chi connectivity index (χ1) is 11.5. The number of nitrogens with one attached hydrogen (secondary N) is 1. The summed E-state index contributed by atoms with van der Waals surface area (Å²) in [7, 11) is 0. The quantitative estimate of drug-likeness (QED) is 0.923. The second kappa shape index (κ2) is 6.99. The summed E-state index contributed by atoms with van der Waals surface area (Å²) in [6.45, 7) is 5.39. The molecule has 1 fully saturated rings. The number of nitrogens with zero attached hydrogens (tertiary/aromatic N) is 2. The van der Waals surface area contributed by atoms with Gasteiger partial charge in [-0.25, -0.2) is 4.39 Å². The molecule has 1 aliphatic heterocycles. The van der Waals surface area contributed by atoms with Crippen LogP contribution < -0.4 is 5.32 Å². The minimum Gasteiger partial charge on any atom is -0.355 e. The van der Waals surface area contributed by atoms with Gasteiger partial charge in [0.25, 0.3) is 0 Å². The van der Waals surface area contributed by atoms with Crippen LogP contribution >= 0.6 is 0 Å². The van der Waals surface area contributed by atoms with Gasteiger partial charge in [-0.3, -0.25) is 9.78 Å². The highest BCUT2D eigenvalue weighted by molar-refractivity contribution is 5.76. The Balaban J connectivity index is 1.77. The summed E-state index contributed by atoms with van der Waals surface area (Å²) in [6, 6.07) is 10.3. The van der Waals surface area contributed by atoms with Crippen molar-refractivity contribution in [3.63, 3.8) is 0 Å². The molecule has 1 atom stereocenters. The Kier molecular flexibility index (Phi) is 4.79. The number of benzene rings is 1. The third-order valence-electron chi connectivity index (χ3n) is 4.37. The lowest BCUT2D eigenvalue weighted by atomic mass is 10.0. The Bertz CT molecular complexity index is 730. The minimum absolute atomic E-state index is 0.204. The molecule has 1 aromatic carbocycles. The number of likely N-dealkylation sites (tertiary alicyclic amines) is 1. The SMILES string of the molecule is CCC(=O)N1CCC(c2cc(Nc3ccc(F)cc3)cc(C)n2)C1. The van der Waals surface area contributed by atoms with E-state index in [1.165, 1.54) is 12.1 Å². The van der Waals surface area contributed by atoms with E-state index in [1.807, 2.05) is 30.9 Å². The van der Waals surface area contributed by atoms with Crippen molar-refractivity contribution in [3.05, 3.63) is 53.6 Å². The lowest BCUT2D eigenvalue weighted by molar-refractivity contribution is -0.129. The maximum Gasteiger partial charge on any atom is 0.222 e. The van der Waals surface area contributed by atoms with Crippen LogP contribution in [0.25, 0.3) is 0 Å². The predicted octanol–water partition coefficient (Wildman–Crippen LogP) is 4.00. The Morgan fingerprint density at radius 1 is 1.29 bits per heavy atom. The number of hydrogen-bond donors (Lipinski definition) is 1. The molecule has 2 heterocycles. The summed E-state index contributed by atoms with van der Waals surface area (Å²) < 4.78 is 13.0. The van der Waals surface area contributed by atoms with Gasteiger partial charge in [0.15, 0.2) is 0 Å². The van der Waals surface area contributed by atoms with Gasteiger partial charge in [-0.1, -0.05) is 6.92 Å². The molecule has 0 bridgehead atoms. The molecule has 1 unspecified atom stereocenters. The number of carbonyl (C=O) groups excluding carboxylic acids is 1. The molecule has 0 saturated carbocycles.